The second-order valence-electron chi connectivity index (χ2n) is 4.88. The number of rotatable bonds is 3. The predicted molar refractivity (Wildman–Crippen MR) is 96.2 cm³/mol. The maximum atomic E-state index is 12.4. The van der Waals surface area contributed by atoms with Gasteiger partial charge in [-0.3, -0.25) is 14.8 Å². The maximum absolute atomic E-state index is 12.4. The van der Waals surface area contributed by atoms with Crippen LogP contribution in [-0.2, 0) is 7.05 Å². The normalized spacial score (nSPS) is 10.8. The third kappa shape index (κ3) is 3.31. The molecule has 0 radical (unpaired) electrons. The molecule has 1 aromatic carbocycles. The van der Waals surface area contributed by atoms with E-state index in [0.29, 0.717) is 21.5 Å². The summed E-state index contributed by atoms with van der Waals surface area (Å²) in [6, 6.07) is 7.83. The average molecular weight is 412 g/mol. The van der Waals surface area contributed by atoms with Crippen LogP contribution in [0.25, 0.3) is 11.3 Å². The van der Waals surface area contributed by atoms with Crippen molar-refractivity contribution in [3.63, 3.8) is 0 Å². The molecule has 0 fully saturated rings. The first-order valence-electron chi connectivity index (χ1n) is 6.67. The van der Waals surface area contributed by atoms with E-state index in [2.05, 4.69) is 31.3 Å². The molecular formula is C15H12BrClN4OS. The number of halogens is 2. The summed E-state index contributed by atoms with van der Waals surface area (Å²) in [5, 5.41) is 9.64. The van der Waals surface area contributed by atoms with E-state index in [-0.39, 0.29) is 5.91 Å². The predicted octanol–water partition coefficient (Wildman–Crippen LogP) is 4.52. The zero-order valence-corrected chi connectivity index (χ0v) is 15.5. The number of nitrogens with zero attached hydrogens (tertiary/aromatic N) is 3. The van der Waals surface area contributed by atoms with Gasteiger partial charge in [-0.15, -0.1) is 11.3 Å². The van der Waals surface area contributed by atoms with Gasteiger partial charge in [0, 0.05) is 22.5 Å². The SMILES string of the molecule is Cc1nn(C)c(Cl)c1C(=O)Nc1nc(-c2cccc(Br)c2)cs1. The molecule has 1 amide bonds. The highest BCUT2D eigenvalue weighted by Crippen LogP contribution is 2.28. The van der Waals surface area contributed by atoms with Crippen LogP contribution in [0.2, 0.25) is 5.15 Å². The zero-order chi connectivity index (χ0) is 16.6. The van der Waals surface area contributed by atoms with Gasteiger partial charge in [0.15, 0.2) is 5.13 Å². The third-order valence-corrected chi connectivity index (χ3v) is 4.91. The summed E-state index contributed by atoms with van der Waals surface area (Å²) in [5.41, 5.74) is 2.74. The van der Waals surface area contributed by atoms with Gasteiger partial charge in [0.05, 0.1) is 17.0 Å². The Morgan fingerprint density at radius 2 is 2.22 bits per heavy atom. The molecule has 0 saturated heterocycles. The van der Waals surface area contributed by atoms with Crippen LogP contribution in [0.3, 0.4) is 0 Å². The van der Waals surface area contributed by atoms with Crippen LogP contribution < -0.4 is 5.32 Å². The summed E-state index contributed by atoms with van der Waals surface area (Å²) < 4.78 is 2.45. The van der Waals surface area contributed by atoms with Crippen molar-refractivity contribution in [3.8, 4) is 11.3 Å². The molecule has 0 unspecified atom stereocenters. The molecule has 8 heteroatoms. The van der Waals surface area contributed by atoms with Crippen LogP contribution in [0, 0.1) is 6.92 Å². The fourth-order valence-corrected chi connectivity index (χ4v) is 3.53. The summed E-state index contributed by atoms with van der Waals surface area (Å²) in [6.45, 7) is 1.75. The van der Waals surface area contributed by atoms with Crippen LogP contribution in [0.5, 0.6) is 0 Å². The number of benzene rings is 1. The molecule has 118 valence electrons. The van der Waals surface area contributed by atoms with Crippen molar-refractivity contribution >= 4 is 49.9 Å². The molecule has 0 spiro atoms. The Labute approximate surface area is 150 Å². The standard InChI is InChI=1S/C15H12BrClN4OS/c1-8-12(13(17)21(2)20-8)14(22)19-15-18-11(7-23-15)9-4-3-5-10(16)6-9/h3-7H,1-2H3,(H,18,19,22). The largest absolute Gasteiger partial charge is 0.298 e. The lowest BCUT2D eigenvalue weighted by molar-refractivity contribution is 0.102. The first-order valence-corrected chi connectivity index (χ1v) is 8.72. The second-order valence-corrected chi connectivity index (χ2v) is 7.01. The van der Waals surface area contributed by atoms with Crippen LogP contribution in [-0.4, -0.2) is 20.7 Å². The number of hydrogen-bond acceptors (Lipinski definition) is 4. The van der Waals surface area contributed by atoms with Crippen molar-refractivity contribution in [2.45, 2.75) is 6.92 Å². The van der Waals surface area contributed by atoms with E-state index in [1.165, 1.54) is 16.0 Å². The highest BCUT2D eigenvalue weighted by molar-refractivity contribution is 9.10. The molecular weight excluding hydrogens is 400 g/mol. The van der Waals surface area contributed by atoms with Gasteiger partial charge in [-0.05, 0) is 19.1 Å². The number of hydrogen-bond donors (Lipinski definition) is 1. The highest BCUT2D eigenvalue weighted by Gasteiger charge is 2.20. The molecule has 3 aromatic rings. The Bertz CT molecular complexity index is 889. The maximum Gasteiger partial charge on any atom is 0.262 e. The average Bonchev–Trinajstić information content (AvgIpc) is 3.04. The number of thiazole rings is 1. The monoisotopic (exact) mass is 410 g/mol. The molecule has 5 nitrogen and oxygen atoms in total. The molecule has 0 aliphatic heterocycles. The summed E-state index contributed by atoms with van der Waals surface area (Å²) >= 11 is 10.9. The number of aromatic nitrogens is 3. The molecule has 0 bridgehead atoms. The highest BCUT2D eigenvalue weighted by atomic mass is 79.9. The molecule has 0 atom stereocenters. The molecule has 2 aromatic heterocycles. The smallest absolute Gasteiger partial charge is 0.262 e. The van der Waals surface area contributed by atoms with Gasteiger partial charge >= 0.3 is 0 Å². The van der Waals surface area contributed by atoms with Gasteiger partial charge in [0.1, 0.15) is 5.15 Å². The van der Waals surface area contributed by atoms with Crippen LogP contribution >= 0.6 is 38.9 Å². The van der Waals surface area contributed by atoms with Crippen LogP contribution in [0.4, 0.5) is 5.13 Å². The van der Waals surface area contributed by atoms with E-state index in [0.717, 1.165) is 15.7 Å². The minimum Gasteiger partial charge on any atom is -0.298 e. The van der Waals surface area contributed by atoms with E-state index in [9.17, 15) is 4.79 Å². The van der Waals surface area contributed by atoms with E-state index in [1.54, 1.807) is 14.0 Å². The minimum absolute atomic E-state index is 0.309. The summed E-state index contributed by atoms with van der Waals surface area (Å²) in [6.07, 6.45) is 0. The topological polar surface area (TPSA) is 59.8 Å². The summed E-state index contributed by atoms with van der Waals surface area (Å²) in [7, 11) is 1.70. The van der Waals surface area contributed by atoms with Gasteiger partial charge < -0.3 is 0 Å². The van der Waals surface area contributed by atoms with E-state index in [1.807, 2.05) is 29.6 Å². The van der Waals surface area contributed by atoms with Crippen molar-refractivity contribution < 1.29 is 4.79 Å². The van der Waals surface area contributed by atoms with Crippen molar-refractivity contribution in [2.75, 3.05) is 5.32 Å². The second kappa shape index (κ2) is 6.43. The van der Waals surface area contributed by atoms with Crippen LogP contribution in [0.15, 0.2) is 34.1 Å². The Balaban J connectivity index is 1.83. The van der Waals surface area contributed by atoms with Gasteiger partial charge in [-0.2, -0.15) is 5.10 Å². The molecule has 0 aliphatic carbocycles. The molecule has 2 heterocycles. The van der Waals surface area contributed by atoms with Crippen molar-refractivity contribution in [2.24, 2.45) is 7.05 Å². The summed E-state index contributed by atoms with van der Waals surface area (Å²) in [5.74, 6) is -0.309. The fourth-order valence-electron chi connectivity index (χ4n) is 2.16. The van der Waals surface area contributed by atoms with Gasteiger partial charge in [-0.25, -0.2) is 4.98 Å². The fraction of sp³-hybridized carbons (Fsp3) is 0.133. The first-order chi connectivity index (χ1) is 11.0. The lowest BCUT2D eigenvalue weighted by Crippen LogP contribution is -2.13. The first kappa shape index (κ1) is 16.2. The third-order valence-electron chi connectivity index (χ3n) is 3.22. The molecule has 1 N–H and O–H groups in total. The van der Waals surface area contributed by atoms with Crippen molar-refractivity contribution in [1.29, 1.82) is 0 Å². The van der Waals surface area contributed by atoms with Gasteiger partial charge in [0.2, 0.25) is 0 Å². The molecule has 0 aliphatic rings. The quantitative estimate of drug-likeness (QED) is 0.689. The van der Waals surface area contributed by atoms with Crippen LogP contribution in [0.1, 0.15) is 16.1 Å². The van der Waals surface area contributed by atoms with Gasteiger partial charge in [-0.1, -0.05) is 39.7 Å². The molecule has 0 saturated carbocycles. The number of carbonyl (C=O) groups excluding carboxylic acids is 1. The number of aryl methyl sites for hydroxylation is 2. The number of carbonyl (C=O) groups is 1. The lowest BCUT2D eigenvalue weighted by Gasteiger charge is -2.01. The number of amides is 1. The number of nitrogens with one attached hydrogen (secondary N) is 1. The molecule has 23 heavy (non-hydrogen) atoms. The number of anilines is 1. The Kier molecular flexibility index (Phi) is 4.52. The van der Waals surface area contributed by atoms with Crippen molar-refractivity contribution in [3.05, 3.63) is 50.5 Å². The molecule has 3 rings (SSSR count). The zero-order valence-electron chi connectivity index (χ0n) is 12.3. The Morgan fingerprint density at radius 1 is 1.43 bits per heavy atom. The minimum atomic E-state index is -0.309. The van der Waals surface area contributed by atoms with E-state index in [4.69, 9.17) is 11.6 Å². The van der Waals surface area contributed by atoms with Crippen molar-refractivity contribution in [1.82, 2.24) is 14.8 Å². The van der Waals surface area contributed by atoms with E-state index < -0.39 is 0 Å². The Morgan fingerprint density at radius 3 is 2.87 bits per heavy atom. The van der Waals surface area contributed by atoms with Gasteiger partial charge in [0.25, 0.3) is 5.91 Å². The lowest BCUT2D eigenvalue weighted by atomic mass is 10.2. The summed E-state index contributed by atoms with van der Waals surface area (Å²) in [4.78, 5) is 16.8. The van der Waals surface area contributed by atoms with E-state index >= 15 is 0 Å². The Hall–Kier alpha value is -1.70.